The maximum atomic E-state index is 14.9. The van der Waals surface area contributed by atoms with Crippen molar-refractivity contribution in [3.8, 4) is 28.6 Å². The van der Waals surface area contributed by atoms with E-state index >= 15 is 0 Å². The van der Waals surface area contributed by atoms with Crippen molar-refractivity contribution >= 4 is 52.6 Å². The second kappa shape index (κ2) is 19.5. The summed E-state index contributed by atoms with van der Waals surface area (Å²) in [7, 11) is -1.08. The predicted molar refractivity (Wildman–Crippen MR) is 246 cm³/mol. The summed E-state index contributed by atoms with van der Waals surface area (Å²) in [6.07, 6.45) is 9.36. The highest BCUT2D eigenvalue weighted by atomic mass is 32.1. The molecule has 4 heterocycles. The predicted octanol–water partition coefficient (Wildman–Crippen LogP) is 8.40. The van der Waals surface area contributed by atoms with Crippen molar-refractivity contribution < 1.29 is 42.8 Å². The fourth-order valence-corrected chi connectivity index (χ4v) is 12.5. The zero-order valence-corrected chi connectivity index (χ0v) is 38.6. The van der Waals surface area contributed by atoms with Gasteiger partial charge in [-0.05, 0) is 83.4 Å². The van der Waals surface area contributed by atoms with E-state index in [4.69, 9.17) is 28.9 Å². The molecular formula is C47H59N6O9PS. The molecule has 15 nitrogen and oxygen atoms in total. The monoisotopic (exact) mass is 914 g/mol. The van der Waals surface area contributed by atoms with Crippen LogP contribution in [0.5, 0.6) is 17.2 Å². The largest absolute Gasteiger partial charge is 0.497 e. The van der Waals surface area contributed by atoms with E-state index in [0.29, 0.717) is 57.9 Å². The smallest absolute Gasteiger partial charge is 0.408 e. The lowest BCUT2D eigenvalue weighted by molar-refractivity contribution is -0.140. The van der Waals surface area contributed by atoms with Gasteiger partial charge >= 0.3 is 6.09 Å². The summed E-state index contributed by atoms with van der Waals surface area (Å²) in [4.78, 5) is 66.4. The lowest BCUT2D eigenvalue weighted by atomic mass is 10.0. The Kier molecular flexibility index (Phi) is 13.8. The van der Waals surface area contributed by atoms with Crippen molar-refractivity contribution in [1.29, 1.82) is 0 Å². The highest BCUT2D eigenvalue weighted by molar-refractivity contribution is 7.59. The molecule has 4 N–H and O–H groups in total. The number of thiazole rings is 1. The van der Waals surface area contributed by atoms with Gasteiger partial charge in [-0.3, -0.25) is 14.2 Å². The topological polar surface area (TPSA) is 191 Å². The van der Waals surface area contributed by atoms with Crippen LogP contribution >= 0.6 is 18.7 Å². The third-order valence-electron chi connectivity index (χ3n) is 12.7. The normalized spacial score (nSPS) is 25.1. The molecule has 2 aromatic carbocycles. The molecule has 2 aliphatic heterocycles. The number of carbonyl (C=O) groups excluding carboxylic acids is 3. The van der Waals surface area contributed by atoms with Crippen molar-refractivity contribution in [1.82, 2.24) is 25.5 Å². The molecule has 4 aliphatic rings. The minimum Gasteiger partial charge on any atom is -0.497 e. The van der Waals surface area contributed by atoms with Crippen molar-refractivity contribution in [3.05, 3.63) is 71.6 Å². The minimum atomic E-state index is -4.18. The molecule has 2 saturated carbocycles. The number of benzene rings is 2. The Balaban J connectivity index is 1.13. The zero-order valence-electron chi connectivity index (χ0n) is 36.9. The Bertz CT molecular complexity index is 2420. The molecule has 1 saturated heterocycles. The zero-order chi connectivity index (χ0) is 45.0. The first-order valence-corrected chi connectivity index (χ1v) is 25.2. The van der Waals surface area contributed by atoms with Gasteiger partial charge in [-0.25, -0.2) is 14.8 Å². The highest BCUT2D eigenvalue weighted by Gasteiger charge is 2.66. The second-order valence-corrected chi connectivity index (χ2v) is 21.1. The number of nitrogens with zero attached hydrogens (tertiary/aromatic N) is 3. The average Bonchev–Trinajstić information content (AvgIpc) is 3.69. The van der Waals surface area contributed by atoms with Gasteiger partial charge in [-0.15, -0.1) is 11.3 Å². The Morgan fingerprint density at radius 1 is 0.984 bits per heavy atom. The number of carbonyl (C=O) groups is 3. The molecule has 3 fully saturated rings. The van der Waals surface area contributed by atoms with E-state index in [1.165, 1.54) is 23.3 Å². The number of ether oxygens (including phenoxy) is 4. The first-order valence-electron chi connectivity index (χ1n) is 22.4. The van der Waals surface area contributed by atoms with Crippen LogP contribution in [0.15, 0.2) is 66.1 Å². The molecule has 2 aliphatic carbocycles. The summed E-state index contributed by atoms with van der Waals surface area (Å²) in [5.74, 6) is 0.161. The first-order chi connectivity index (χ1) is 30.9. The van der Waals surface area contributed by atoms with E-state index in [1.807, 2.05) is 55.6 Å². The number of aromatic nitrogens is 2. The molecule has 8 rings (SSSR count). The average molecular weight is 915 g/mol. The van der Waals surface area contributed by atoms with Crippen LogP contribution in [0.3, 0.4) is 0 Å². The summed E-state index contributed by atoms with van der Waals surface area (Å²) in [6.45, 7) is 4.09. The lowest BCUT2D eigenvalue weighted by Gasteiger charge is -2.31. The third kappa shape index (κ3) is 10.0. The Morgan fingerprint density at radius 2 is 1.78 bits per heavy atom. The van der Waals surface area contributed by atoms with Crippen molar-refractivity contribution in [2.75, 3.05) is 26.1 Å². The number of allylic oxidation sites excluding steroid dienone is 1. The Morgan fingerprint density at radius 3 is 2.56 bits per heavy atom. The summed E-state index contributed by atoms with van der Waals surface area (Å²) in [5, 5.41) is 11.2. The number of methoxy groups -OCH3 is 2. The molecule has 2 aromatic heterocycles. The number of hydrogen-bond acceptors (Lipinski definition) is 12. The number of alkyl carbamates (subject to hydrolysis) is 1. The number of fused-ring (bicyclic) bond motifs is 3. The van der Waals surface area contributed by atoms with Gasteiger partial charge in [0.05, 0.1) is 38.1 Å². The molecule has 64 heavy (non-hydrogen) atoms. The van der Waals surface area contributed by atoms with E-state index in [1.54, 1.807) is 31.4 Å². The molecule has 0 bridgehead atoms. The molecule has 3 amide bonds. The fraction of sp³-hybridized carbons (Fsp3) is 0.511. The molecule has 0 radical (unpaired) electrons. The van der Waals surface area contributed by atoms with E-state index in [2.05, 4.69) is 16.0 Å². The van der Waals surface area contributed by atoms with E-state index < -0.39 is 54.7 Å². The Labute approximate surface area is 378 Å². The third-order valence-corrected chi connectivity index (χ3v) is 16.1. The number of para-hydroxylation sites is 1. The molecule has 6 atom stereocenters. The van der Waals surface area contributed by atoms with Gasteiger partial charge in [-0.1, -0.05) is 43.2 Å². The number of nitrogens with one attached hydrogen (secondary N) is 3. The number of anilines is 1. The van der Waals surface area contributed by atoms with Crippen LogP contribution in [0.25, 0.3) is 22.3 Å². The standard InChI is InChI=1S/C47H59N6O9PS/c1-29(2)48-45-50-39(28-64-45)38-24-42(35-21-20-33(59-3)22-37(35)49-38)61-34-23-40-43(54)52-47(63(57,58)27-30-14-10-13-19-41(30)60-4)25-31(47)15-8-6-5-7-9-18-36(44(55)53(40)26-34)51-46(56)62-32-16-11-12-17-32/h8,10,13-15,19-22,24,28-29,31-32,34,36,40H,5-7,9,11-12,16-18,23,25-27H2,1-4H3,(H,48,50)(H,51,56)(H,52,54)(H,57,58)/t31-,34-,36+,40+,47+/m1/s1. The van der Waals surface area contributed by atoms with Gasteiger partial charge in [0.2, 0.25) is 19.2 Å². The van der Waals surface area contributed by atoms with E-state index in [-0.39, 0.29) is 37.7 Å². The number of hydrogen-bond donors (Lipinski definition) is 4. The van der Waals surface area contributed by atoms with Gasteiger partial charge in [0.25, 0.3) is 0 Å². The van der Waals surface area contributed by atoms with Crippen LogP contribution in [0.1, 0.15) is 90.0 Å². The second-order valence-electron chi connectivity index (χ2n) is 17.7. The van der Waals surface area contributed by atoms with Gasteiger partial charge in [0.15, 0.2) is 5.13 Å². The molecule has 17 heteroatoms. The van der Waals surface area contributed by atoms with Crippen LogP contribution in [-0.2, 0) is 25.1 Å². The summed E-state index contributed by atoms with van der Waals surface area (Å²) < 4.78 is 38.4. The Hall–Kier alpha value is -5.18. The lowest BCUT2D eigenvalue weighted by Crippen LogP contribution is -2.55. The molecule has 4 aromatic rings. The van der Waals surface area contributed by atoms with Gasteiger partial charge in [-0.2, -0.15) is 0 Å². The molecule has 342 valence electrons. The summed E-state index contributed by atoms with van der Waals surface area (Å²) in [6, 6.07) is 12.5. The van der Waals surface area contributed by atoms with Crippen LogP contribution in [0.4, 0.5) is 9.93 Å². The summed E-state index contributed by atoms with van der Waals surface area (Å²) in [5.41, 5.74) is 2.38. The van der Waals surface area contributed by atoms with Crippen LogP contribution in [0, 0.1) is 5.92 Å². The van der Waals surface area contributed by atoms with Crippen molar-refractivity contribution in [2.45, 2.75) is 126 Å². The number of pyridine rings is 1. The quantitative estimate of drug-likeness (QED) is 0.0786. The van der Waals surface area contributed by atoms with Crippen LogP contribution in [0.2, 0.25) is 0 Å². The van der Waals surface area contributed by atoms with E-state index in [9.17, 15) is 23.8 Å². The first kappa shape index (κ1) is 45.4. The molecular weight excluding hydrogens is 856 g/mol. The SMILES string of the molecule is COc1ccc2c(O[C@@H]3C[C@H]4C(=O)N[C@]5(P(=O)(O)Cc6ccccc6OC)C[C@H]5C=CCCCCC[C@H](NC(=O)OC5CCCC5)C(=O)N4C3)cc(-c3csc(NC(C)C)n3)nc2c1. The van der Waals surface area contributed by atoms with Gasteiger partial charge in [0, 0.05) is 46.8 Å². The highest BCUT2D eigenvalue weighted by Crippen LogP contribution is 2.71. The maximum absolute atomic E-state index is 14.9. The number of amides is 3. The van der Waals surface area contributed by atoms with Crippen LogP contribution in [-0.4, -0.2) is 94.0 Å². The molecule has 0 spiro atoms. The maximum Gasteiger partial charge on any atom is 0.408 e. The van der Waals surface area contributed by atoms with Gasteiger partial charge in [0.1, 0.15) is 52.5 Å². The number of rotatable bonds is 12. The van der Waals surface area contributed by atoms with Crippen molar-refractivity contribution in [2.24, 2.45) is 5.92 Å². The molecule has 1 unspecified atom stereocenters. The summed E-state index contributed by atoms with van der Waals surface area (Å²) >= 11 is 1.47. The fourth-order valence-electron chi connectivity index (χ4n) is 9.27. The minimum absolute atomic E-state index is 0.00949. The van der Waals surface area contributed by atoms with Gasteiger partial charge < -0.3 is 44.7 Å². The van der Waals surface area contributed by atoms with E-state index in [0.717, 1.165) is 50.1 Å². The van der Waals surface area contributed by atoms with Crippen LogP contribution < -0.4 is 30.2 Å². The van der Waals surface area contributed by atoms with Crippen molar-refractivity contribution in [3.63, 3.8) is 0 Å².